The summed E-state index contributed by atoms with van der Waals surface area (Å²) in [5, 5.41) is 23.1. The third-order valence-electron chi connectivity index (χ3n) is 12.4. The summed E-state index contributed by atoms with van der Waals surface area (Å²) in [6.45, 7) is 4.82. The van der Waals surface area contributed by atoms with Gasteiger partial charge in [0.05, 0.1) is 25.4 Å². The maximum Gasteiger partial charge on any atom is 0.305 e. The molecule has 0 spiro atoms. The molecule has 0 aromatic rings. The molecule has 0 bridgehead atoms. The van der Waals surface area contributed by atoms with Crippen LogP contribution < -0.4 is 5.32 Å². The number of aliphatic hydroxyl groups is 2. The second-order valence-electron chi connectivity index (χ2n) is 18.6. The van der Waals surface area contributed by atoms with Crippen molar-refractivity contribution in [3.63, 3.8) is 0 Å². The molecule has 364 valence electrons. The number of ether oxygens (including phenoxy) is 1. The minimum Gasteiger partial charge on any atom is -0.466 e. The van der Waals surface area contributed by atoms with Gasteiger partial charge in [-0.1, -0.05) is 243 Å². The lowest BCUT2D eigenvalue weighted by Crippen LogP contribution is -2.45. The predicted molar refractivity (Wildman–Crippen MR) is 269 cm³/mol. The lowest BCUT2D eigenvalue weighted by molar-refractivity contribution is -0.143. The Morgan fingerprint density at radius 1 is 0.452 bits per heavy atom. The third kappa shape index (κ3) is 47.6. The van der Waals surface area contributed by atoms with Crippen molar-refractivity contribution in [1.82, 2.24) is 5.32 Å². The summed E-state index contributed by atoms with van der Waals surface area (Å²) in [5.74, 6) is -0.130. The maximum absolute atomic E-state index is 12.4. The van der Waals surface area contributed by atoms with E-state index >= 15 is 0 Å². The van der Waals surface area contributed by atoms with Crippen molar-refractivity contribution >= 4 is 11.9 Å². The average molecular weight is 872 g/mol. The number of rotatable bonds is 50. The average Bonchev–Trinajstić information content (AvgIpc) is 3.27. The fourth-order valence-electron chi connectivity index (χ4n) is 8.19. The monoisotopic (exact) mass is 872 g/mol. The minimum atomic E-state index is -0.863. The highest BCUT2D eigenvalue weighted by molar-refractivity contribution is 5.76. The third-order valence-corrected chi connectivity index (χ3v) is 12.4. The molecule has 0 rings (SSSR count). The Labute approximate surface area is 385 Å². The second kappa shape index (κ2) is 51.7. The van der Waals surface area contributed by atoms with Crippen LogP contribution in [0.5, 0.6) is 0 Å². The van der Waals surface area contributed by atoms with E-state index in [-0.39, 0.29) is 18.5 Å². The number of carbonyl (C=O) groups excluding carboxylic acids is 2. The van der Waals surface area contributed by atoms with Gasteiger partial charge in [0, 0.05) is 12.8 Å². The molecule has 0 heterocycles. The lowest BCUT2D eigenvalue weighted by atomic mass is 10.0. The zero-order valence-electron chi connectivity index (χ0n) is 41.4. The number of hydrogen-bond donors (Lipinski definition) is 3. The van der Waals surface area contributed by atoms with Crippen molar-refractivity contribution in [2.24, 2.45) is 0 Å². The van der Waals surface area contributed by atoms with Gasteiger partial charge in [0.1, 0.15) is 0 Å². The molecule has 0 aliphatic heterocycles. The second-order valence-corrected chi connectivity index (χ2v) is 18.6. The highest BCUT2D eigenvalue weighted by Crippen LogP contribution is 2.16. The van der Waals surface area contributed by atoms with Crippen LogP contribution in [-0.4, -0.2) is 47.4 Å². The van der Waals surface area contributed by atoms with Gasteiger partial charge >= 0.3 is 5.97 Å². The van der Waals surface area contributed by atoms with Gasteiger partial charge in [-0.25, -0.2) is 0 Å². The zero-order valence-corrected chi connectivity index (χ0v) is 41.4. The van der Waals surface area contributed by atoms with Crippen molar-refractivity contribution in [3.05, 3.63) is 36.5 Å². The summed E-state index contributed by atoms with van der Waals surface area (Å²) in [4.78, 5) is 24.5. The number of esters is 1. The molecule has 0 aromatic heterocycles. The van der Waals surface area contributed by atoms with Crippen molar-refractivity contribution in [1.29, 1.82) is 0 Å². The summed E-state index contributed by atoms with van der Waals surface area (Å²) >= 11 is 0. The van der Waals surface area contributed by atoms with Crippen LogP contribution in [0.15, 0.2) is 36.5 Å². The summed E-state index contributed by atoms with van der Waals surface area (Å²) in [7, 11) is 0. The smallest absolute Gasteiger partial charge is 0.305 e. The highest BCUT2D eigenvalue weighted by Gasteiger charge is 2.18. The number of amides is 1. The molecule has 3 N–H and O–H groups in total. The number of allylic oxidation sites excluding steroid dienone is 5. The van der Waals surface area contributed by atoms with Crippen LogP contribution in [0.4, 0.5) is 0 Å². The van der Waals surface area contributed by atoms with E-state index in [4.69, 9.17) is 4.74 Å². The molecular weight excluding hydrogens is 767 g/mol. The van der Waals surface area contributed by atoms with Gasteiger partial charge in [0.2, 0.25) is 5.91 Å². The Bertz CT molecular complexity index is 1010. The van der Waals surface area contributed by atoms with Crippen molar-refractivity contribution < 1.29 is 24.5 Å². The molecule has 0 aromatic carbocycles. The molecule has 0 aliphatic carbocycles. The van der Waals surface area contributed by atoms with Crippen molar-refractivity contribution in [3.8, 4) is 0 Å². The van der Waals surface area contributed by atoms with E-state index in [0.29, 0.717) is 19.4 Å². The molecule has 0 radical (unpaired) electrons. The number of unbranched alkanes of at least 4 members (excludes halogenated alkanes) is 35. The first-order chi connectivity index (χ1) is 30.5. The van der Waals surface area contributed by atoms with Crippen LogP contribution in [0.1, 0.15) is 284 Å². The fourth-order valence-corrected chi connectivity index (χ4v) is 8.19. The van der Waals surface area contributed by atoms with Crippen molar-refractivity contribution in [2.75, 3.05) is 13.2 Å². The summed E-state index contributed by atoms with van der Waals surface area (Å²) in [5.41, 5.74) is 0. The standard InChI is InChI=1S/C56H105NO5/c1-3-5-7-9-11-13-15-17-19-21-23-25-27-29-32-36-40-44-48-54(59)53(52-58)57-55(60)49-45-41-37-33-31-35-39-43-47-51-62-56(61)50-46-42-38-34-30-28-26-24-22-20-18-16-14-12-10-8-6-4-2/h14,16,20,22,44,48,53-54,58-59H,3-13,15,17-19,21,23-43,45-47,49-52H2,1-2H3,(H,57,60)/b16-14-,22-20-,48-44+. The number of hydrogen-bond acceptors (Lipinski definition) is 5. The Kier molecular flexibility index (Phi) is 50.1. The van der Waals surface area contributed by atoms with Crippen LogP contribution in [0.25, 0.3) is 0 Å². The molecule has 2 atom stereocenters. The van der Waals surface area contributed by atoms with Crippen LogP contribution >= 0.6 is 0 Å². The summed E-state index contributed by atoms with van der Waals surface area (Å²) in [6.07, 6.45) is 62.9. The molecular formula is C56H105NO5. The van der Waals surface area contributed by atoms with Gasteiger partial charge < -0.3 is 20.3 Å². The Morgan fingerprint density at radius 2 is 0.806 bits per heavy atom. The van der Waals surface area contributed by atoms with Crippen LogP contribution in [0.3, 0.4) is 0 Å². The van der Waals surface area contributed by atoms with E-state index in [2.05, 4.69) is 43.5 Å². The number of carbonyl (C=O) groups is 2. The maximum atomic E-state index is 12.4. The van der Waals surface area contributed by atoms with Crippen molar-refractivity contribution in [2.45, 2.75) is 296 Å². The molecule has 2 unspecified atom stereocenters. The van der Waals surface area contributed by atoms with Crippen LogP contribution in [0.2, 0.25) is 0 Å². The highest BCUT2D eigenvalue weighted by atomic mass is 16.5. The quantitative estimate of drug-likeness (QED) is 0.0321. The van der Waals surface area contributed by atoms with E-state index in [1.165, 1.54) is 193 Å². The predicted octanol–water partition coefficient (Wildman–Crippen LogP) is 16.5. The molecule has 6 nitrogen and oxygen atoms in total. The van der Waals surface area contributed by atoms with Gasteiger partial charge in [-0.15, -0.1) is 0 Å². The first-order valence-corrected chi connectivity index (χ1v) is 27.3. The molecule has 1 amide bonds. The summed E-state index contributed by atoms with van der Waals surface area (Å²) in [6, 6.07) is -0.649. The van der Waals surface area contributed by atoms with Crippen LogP contribution in [0, 0.1) is 0 Å². The number of nitrogens with one attached hydrogen (secondary N) is 1. The molecule has 0 saturated heterocycles. The minimum absolute atomic E-state index is 0.0346. The van der Waals surface area contributed by atoms with Gasteiger partial charge in [-0.3, -0.25) is 9.59 Å². The van der Waals surface area contributed by atoms with E-state index in [1.54, 1.807) is 6.08 Å². The first-order valence-electron chi connectivity index (χ1n) is 27.3. The number of aliphatic hydroxyl groups excluding tert-OH is 2. The molecule has 0 saturated carbocycles. The van der Waals surface area contributed by atoms with Gasteiger partial charge in [0.15, 0.2) is 0 Å². The Morgan fingerprint density at radius 3 is 1.24 bits per heavy atom. The largest absolute Gasteiger partial charge is 0.466 e. The molecule has 6 heteroatoms. The van der Waals surface area contributed by atoms with E-state index < -0.39 is 12.1 Å². The molecule has 0 aliphatic rings. The van der Waals surface area contributed by atoms with E-state index in [0.717, 1.165) is 64.2 Å². The Balaban J connectivity index is 3.53. The summed E-state index contributed by atoms with van der Waals surface area (Å²) < 4.78 is 5.46. The lowest BCUT2D eigenvalue weighted by Gasteiger charge is -2.20. The molecule has 62 heavy (non-hydrogen) atoms. The van der Waals surface area contributed by atoms with E-state index in [1.807, 2.05) is 6.08 Å². The first kappa shape index (κ1) is 60.1. The van der Waals surface area contributed by atoms with E-state index in [9.17, 15) is 19.8 Å². The van der Waals surface area contributed by atoms with Gasteiger partial charge in [-0.05, 0) is 64.2 Å². The SMILES string of the molecule is CCCCCC/C=C\C/C=C\CCCCCCCCCC(=O)OCCCCCCCCCCCC(=O)NC(CO)C(O)/C=C/CCCCCCCCCCCCCCCCCC. The van der Waals surface area contributed by atoms with Gasteiger partial charge in [0.25, 0.3) is 0 Å². The zero-order chi connectivity index (χ0) is 45.1. The van der Waals surface area contributed by atoms with Crippen LogP contribution in [-0.2, 0) is 14.3 Å². The Hall–Kier alpha value is -1.92. The topological polar surface area (TPSA) is 95.9 Å². The normalized spacial score (nSPS) is 12.9. The van der Waals surface area contributed by atoms with Gasteiger partial charge in [-0.2, -0.15) is 0 Å². The fraction of sp³-hybridized carbons (Fsp3) is 0.857. The molecule has 0 fully saturated rings.